The van der Waals surface area contributed by atoms with Crippen molar-refractivity contribution in [1.82, 2.24) is 0 Å². The summed E-state index contributed by atoms with van der Waals surface area (Å²) in [7, 11) is 0. The van der Waals surface area contributed by atoms with E-state index in [1.165, 1.54) is 0 Å². The van der Waals surface area contributed by atoms with E-state index in [4.69, 9.17) is 0 Å². The van der Waals surface area contributed by atoms with Gasteiger partial charge in [0.15, 0.2) is 17.5 Å². The van der Waals surface area contributed by atoms with Crippen molar-refractivity contribution >= 4 is 0 Å². The normalized spacial score (nSPS) is 24.7. The van der Waals surface area contributed by atoms with Crippen molar-refractivity contribution in [1.29, 1.82) is 0 Å². The molecule has 0 N–H and O–H groups in total. The van der Waals surface area contributed by atoms with Crippen LogP contribution in [0.4, 0.5) is 13.2 Å². The van der Waals surface area contributed by atoms with E-state index < -0.39 is 17.5 Å². The molecule has 1 aliphatic carbocycles. The maximum Gasteiger partial charge on any atom is 0.194 e. The zero-order valence-corrected chi connectivity index (χ0v) is 10.4. The van der Waals surface area contributed by atoms with Crippen molar-refractivity contribution in [2.45, 2.75) is 38.5 Å². The van der Waals surface area contributed by atoms with E-state index in [9.17, 15) is 13.2 Å². The first kappa shape index (κ1) is 13.2. The Morgan fingerprint density at radius 2 is 1.56 bits per heavy atom. The molecular formula is C15H17F3. The third-order valence-electron chi connectivity index (χ3n) is 3.71. The molecule has 1 aromatic rings. The summed E-state index contributed by atoms with van der Waals surface area (Å²) >= 11 is 0. The molecule has 18 heavy (non-hydrogen) atoms. The van der Waals surface area contributed by atoms with E-state index in [2.05, 4.69) is 6.08 Å². The van der Waals surface area contributed by atoms with Crippen LogP contribution in [-0.4, -0.2) is 0 Å². The average molecular weight is 254 g/mol. The van der Waals surface area contributed by atoms with Gasteiger partial charge in [-0.1, -0.05) is 12.2 Å². The summed E-state index contributed by atoms with van der Waals surface area (Å²) in [4.78, 5) is 0. The standard InChI is InChI=1S/C15H17F3/c1-2-3-10-4-6-11(7-5-10)12-8-13(16)15(18)14(17)9-12/h2-3,8-11H,4-7H2,1H3/b3-2+/t10-,11-. The smallest absolute Gasteiger partial charge is 0.194 e. The number of hydrogen-bond acceptors (Lipinski definition) is 0. The van der Waals surface area contributed by atoms with Crippen molar-refractivity contribution in [3.05, 3.63) is 47.3 Å². The molecule has 0 saturated heterocycles. The Hall–Kier alpha value is -1.25. The molecule has 98 valence electrons. The minimum Gasteiger partial charge on any atom is -0.204 e. The first-order valence-corrected chi connectivity index (χ1v) is 6.39. The maximum absolute atomic E-state index is 13.2. The summed E-state index contributed by atoms with van der Waals surface area (Å²) < 4.78 is 39.2. The molecule has 0 bridgehead atoms. The van der Waals surface area contributed by atoms with Gasteiger partial charge in [-0.05, 0) is 62.1 Å². The SMILES string of the molecule is C/C=C/[C@H]1CC[C@H](c2cc(F)c(F)c(F)c2)CC1. The van der Waals surface area contributed by atoms with Crippen molar-refractivity contribution in [2.24, 2.45) is 5.92 Å². The van der Waals surface area contributed by atoms with Crippen LogP contribution in [-0.2, 0) is 0 Å². The number of halogens is 3. The van der Waals surface area contributed by atoms with Crippen LogP contribution in [0.15, 0.2) is 24.3 Å². The average Bonchev–Trinajstić information content (AvgIpc) is 2.37. The Labute approximate surface area is 106 Å². The first-order chi connectivity index (χ1) is 8.61. The second kappa shape index (κ2) is 5.59. The molecule has 1 aromatic carbocycles. The van der Waals surface area contributed by atoms with Crippen LogP contribution in [0.3, 0.4) is 0 Å². The van der Waals surface area contributed by atoms with E-state index in [0.29, 0.717) is 11.5 Å². The van der Waals surface area contributed by atoms with Gasteiger partial charge in [-0.15, -0.1) is 0 Å². The Balaban J connectivity index is 2.10. The van der Waals surface area contributed by atoms with Crippen LogP contribution in [0.1, 0.15) is 44.1 Å². The van der Waals surface area contributed by atoms with E-state index >= 15 is 0 Å². The van der Waals surface area contributed by atoms with Gasteiger partial charge in [-0.2, -0.15) is 0 Å². The molecule has 1 saturated carbocycles. The Morgan fingerprint density at radius 3 is 2.06 bits per heavy atom. The molecule has 0 atom stereocenters. The fraction of sp³-hybridized carbons (Fsp3) is 0.467. The van der Waals surface area contributed by atoms with Crippen molar-refractivity contribution in [3.8, 4) is 0 Å². The summed E-state index contributed by atoms with van der Waals surface area (Å²) in [5, 5.41) is 0. The van der Waals surface area contributed by atoms with Gasteiger partial charge < -0.3 is 0 Å². The van der Waals surface area contributed by atoms with E-state index in [0.717, 1.165) is 37.8 Å². The fourth-order valence-electron chi connectivity index (χ4n) is 2.73. The molecule has 0 unspecified atom stereocenters. The van der Waals surface area contributed by atoms with Gasteiger partial charge >= 0.3 is 0 Å². The van der Waals surface area contributed by atoms with Crippen LogP contribution in [0.5, 0.6) is 0 Å². The third-order valence-corrected chi connectivity index (χ3v) is 3.71. The van der Waals surface area contributed by atoms with Gasteiger partial charge in [-0.3, -0.25) is 0 Å². The summed E-state index contributed by atoms with van der Waals surface area (Å²) in [5.74, 6) is -2.82. The van der Waals surface area contributed by atoms with Gasteiger partial charge in [0, 0.05) is 0 Å². The molecule has 1 aliphatic rings. The minimum absolute atomic E-state index is 0.149. The van der Waals surface area contributed by atoms with E-state index in [1.54, 1.807) is 0 Å². The number of hydrogen-bond donors (Lipinski definition) is 0. The lowest BCUT2D eigenvalue weighted by molar-refractivity contribution is 0.371. The van der Waals surface area contributed by atoms with E-state index in [1.807, 2.05) is 13.0 Å². The second-order valence-electron chi connectivity index (χ2n) is 4.94. The predicted molar refractivity (Wildman–Crippen MR) is 65.8 cm³/mol. The number of rotatable bonds is 2. The molecule has 0 nitrogen and oxygen atoms in total. The van der Waals surface area contributed by atoms with E-state index in [-0.39, 0.29) is 5.92 Å². The predicted octanol–water partition coefficient (Wildman–Crippen LogP) is 4.95. The zero-order chi connectivity index (χ0) is 13.1. The zero-order valence-electron chi connectivity index (χ0n) is 10.4. The highest BCUT2D eigenvalue weighted by Gasteiger charge is 2.23. The Kier molecular flexibility index (Phi) is 4.10. The molecule has 1 fully saturated rings. The summed E-state index contributed by atoms with van der Waals surface area (Å²) in [6.45, 7) is 2.00. The van der Waals surface area contributed by atoms with Gasteiger partial charge in [0.2, 0.25) is 0 Å². The highest BCUT2D eigenvalue weighted by molar-refractivity contribution is 5.23. The lowest BCUT2D eigenvalue weighted by atomic mass is 9.78. The molecule has 3 heteroatoms. The Morgan fingerprint density at radius 1 is 1.00 bits per heavy atom. The molecule has 2 rings (SSSR count). The molecule has 0 aromatic heterocycles. The Bertz CT molecular complexity index is 420. The maximum atomic E-state index is 13.2. The molecule has 0 amide bonds. The number of benzene rings is 1. The van der Waals surface area contributed by atoms with Gasteiger partial charge in [0.25, 0.3) is 0 Å². The quantitative estimate of drug-likeness (QED) is 0.517. The second-order valence-corrected chi connectivity index (χ2v) is 4.94. The molecular weight excluding hydrogens is 237 g/mol. The van der Waals surface area contributed by atoms with Crippen LogP contribution in [0.25, 0.3) is 0 Å². The lowest BCUT2D eigenvalue weighted by Gasteiger charge is -2.27. The largest absolute Gasteiger partial charge is 0.204 e. The topological polar surface area (TPSA) is 0 Å². The highest BCUT2D eigenvalue weighted by Crippen LogP contribution is 2.37. The monoisotopic (exact) mass is 254 g/mol. The van der Waals surface area contributed by atoms with Crippen LogP contribution >= 0.6 is 0 Å². The molecule has 0 radical (unpaired) electrons. The summed E-state index contributed by atoms with van der Waals surface area (Å²) in [5.41, 5.74) is 0.588. The number of allylic oxidation sites excluding steroid dienone is 2. The van der Waals surface area contributed by atoms with Gasteiger partial charge in [0.05, 0.1) is 0 Å². The van der Waals surface area contributed by atoms with Crippen LogP contribution in [0.2, 0.25) is 0 Å². The minimum atomic E-state index is -1.37. The van der Waals surface area contributed by atoms with Crippen molar-refractivity contribution in [2.75, 3.05) is 0 Å². The van der Waals surface area contributed by atoms with Crippen LogP contribution in [0, 0.1) is 23.4 Å². The molecule has 0 spiro atoms. The van der Waals surface area contributed by atoms with Gasteiger partial charge in [-0.25, -0.2) is 13.2 Å². The third kappa shape index (κ3) is 2.77. The summed E-state index contributed by atoms with van der Waals surface area (Å²) in [6, 6.07) is 2.28. The molecule has 0 aliphatic heterocycles. The van der Waals surface area contributed by atoms with Gasteiger partial charge in [0.1, 0.15) is 0 Å². The van der Waals surface area contributed by atoms with Crippen molar-refractivity contribution in [3.63, 3.8) is 0 Å². The lowest BCUT2D eigenvalue weighted by Crippen LogP contribution is -2.12. The highest BCUT2D eigenvalue weighted by atomic mass is 19.2. The van der Waals surface area contributed by atoms with Crippen LogP contribution < -0.4 is 0 Å². The molecule has 0 heterocycles. The van der Waals surface area contributed by atoms with Crippen molar-refractivity contribution < 1.29 is 13.2 Å². The first-order valence-electron chi connectivity index (χ1n) is 6.39. The fourth-order valence-corrected chi connectivity index (χ4v) is 2.73. The summed E-state index contributed by atoms with van der Waals surface area (Å²) in [6.07, 6.45) is 8.08.